The zero-order chi connectivity index (χ0) is 8.39. The zero-order valence-electron chi connectivity index (χ0n) is 7.34. The Bertz CT molecular complexity index is 253. The number of rotatable bonds is 4. The Morgan fingerprint density at radius 1 is 1.67 bits per heavy atom. The first kappa shape index (κ1) is 7.80. The van der Waals surface area contributed by atoms with Gasteiger partial charge in [0, 0.05) is 24.9 Å². The number of nitrogens with one attached hydrogen (secondary N) is 1. The minimum Gasteiger partial charge on any atom is -0.361 e. The number of aromatic nitrogens is 1. The van der Waals surface area contributed by atoms with E-state index in [1.165, 1.54) is 12.8 Å². The molecule has 0 aliphatic heterocycles. The van der Waals surface area contributed by atoms with Gasteiger partial charge in [-0.15, -0.1) is 0 Å². The molecule has 0 saturated heterocycles. The highest BCUT2D eigenvalue weighted by Crippen LogP contribution is 2.40. The second kappa shape index (κ2) is 3.27. The molecule has 0 amide bonds. The summed E-state index contributed by atoms with van der Waals surface area (Å²) in [4.78, 5) is 0. The molecule has 3 heteroatoms. The van der Waals surface area contributed by atoms with Gasteiger partial charge in [0.25, 0.3) is 0 Å². The monoisotopic (exact) mass is 166 g/mol. The van der Waals surface area contributed by atoms with Gasteiger partial charge in [-0.1, -0.05) is 5.16 Å². The summed E-state index contributed by atoms with van der Waals surface area (Å²) in [6, 6.07) is 2.09. The molecule has 3 nitrogen and oxygen atoms in total. The van der Waals surface area contributed by atoms with Crippen molar-refractivity contribution in [2.45, 2.75) is 25.2 Å². The highest BCUT2D eigenvalue weighted by molar-refractivity contribution is 5.14. The first-order valence-electron chi connectivity index (χ1n) is 4.50. The van der Waals surface area contributed by atoms with E-state index in [4.69, 9.17) is 4.52 Å². The van der Waals surface area contributed by atoms with Gasteiger partial charge >= 0.3 is 0 Å². The van der Waals surface area contributed by atoms with Crippen LogP contribution in [0.25, 0.3) is 0 Å². The number of hydrogen-bond donors (Lipinski definition) is 1. The molecule has 1 aromatic heterocycles. The Balaban J connectivity index is 1.93. The topological polar surface area (TPSA) is 38.1 Å². The van der Waals surface area contributed by atoms with Crippen LogP contribution in [0.1, 0.15) is 30.2 Å². The van der Waals surface area contributed by atoms with Crippen molar-refractivity contribution in [1.29, 1.82) is 0 Å². The Labute approximate surface area is 72.1 Å². The van der Waals surface area contributed by atoms with Crippen molar-refractivity contribution >= 4 is 0 Å². The fourth-order valence-electron chi connectivity index (χ4n) is 1.26. The van der Waals surface area contributed by atoms with Gasteiger partial charge in [-0.3, -0.25) is 0 Å². The smallest absolute Gasteiger partial charge is 0.140 e. The van der Waals surface area contributed by atoms with E-state index in [1.807, 2.05) is 7.05 Å². The molecule has 66 valence electrons. The predicted molar refractivity (Wildman–Crippen MR) is 46.1 cm³/mol. The highest BCUT2D eigenvalue weighted by atomic mass is 16.5. The van der Waals surface area contributed by atoms with E-state index in [-0.39, 0.29) is 0 Å². The molecule has 2 rings (SSSR count). The predicted octanol–water partition coefficient (Wildman–Crippen LogP) is 1.31. The van der Waals surface area contributed by atoms with Crippen LogP contribution in [0.4, 0.5) is 0 Å². The largest absolute Gasteiger partial charge is 0.361 e. The van der Waals surface area contributed by atoms with Crippen LogP contribution in [0.5, 0.6) is 0 Å². The van der Waals surface area contributed by atoms with Gasteiger partial charge in [0.2, 0.25) is 0 Å². The summed E-state index contributed by atoms with van der Waals surface area (Å²) in [6.07, 6.45) is 3.52. The van der Waals surface area contributed by atoms with Crippen molar-refractivity contribution in [1.82, 2.24) is 10.5 Å². The molecule has 0 bridgehead atoms. The van der Waals surface area contributed by atoms with Crippen LogP contribution >= 0.6 is 0 Å². The molecule has 0 atom stereocenters. The Morgan fingerprint density at radius 2 is 2.50 bits per heavy atom. The van der Waals surface area contributed by atoms with E-state index in [0.717, 1.165) is 24.4 Å². The molecule has 1 N–H and O–H groups in total. The molecule has 0 radical (unpaired) electrons. The molecular weight excluding hydrogens is 152 g/mol. The third-order valence-corrected chi connectivity index (χ3v) is 2.19. The lowest BCUT2D eigenvalue weighted by Crippen LogP contribution is -2.10. The van der Waals surface area contributed by atoms with E-state index in [2.05, 4.69) is 16.5 Å². The normalized spacial score (nSPS) is 16.8. The van der Waals surface area contributed by atoms with Gasteiger partial charge in [-0.25, -0.2) is 0 Å². The molecule has 1 fully saturated rings. The molecule has 1 saturated carbocycles. The van der Waals surface area contributed by atoms with E-state index < -0.39 is 0 Å². The summed E-state index contributed by atoms with van der Waals surface area (Å²) in [6.45, 7) is 0.969. The maximum absolute atomic E-state index is 5.21. The van der Waals surface area contributed by atoms with Crippen molar-refractivity contribution < 1.29 is 4.52 Å². The first-order chi connectivity index (χ1) is 5.90. The van der Waals surface area contributed by atoms with E-state index in [0.29, 0.717) is 5.92 Å². The van der Waals surface area contributed by atoms with E-state index in [1.54, 1.807) is 0 Å². The second-order valence-corrected chi connectivity index (χ2v) is 3.35. The van der Waals surface area contributed by atoms with Crippen LogP contribution in [0.15, 0.2) is 10.6 Å². The minimum atomic E-state index is 0.681. The van der Waals surface area contributed by atoms with Crippen LogP contribution in [-0.2, 0) is 6.42 Å². The molecule has 1 aromatic rings. The van der Waals surface area contributed by atoms with Crippen LogP contribution < -0.4 is 5.32 Å². The van der Waals surface area contributed by atoms with Gasteiger partial charge in [0.1, 0.15) is 5.76 Å². The molecule has 12 heavy (non-hydrogen) atoms. The average molecular weight is 166 g/mol. The molecule has 1 heterocycles. The Morgan fingerprint density at radius 3 is 3.17 bits per heavy atom. The van der Waals surface area contributed by atoms with E-state index in [9.17, 15) is 0 Å². The Hall–Kier alpha value is -0.830. The number of nitrogens with zero attached hydrogens (tertiary/aromatic N) is 1. The highest BCUT2D eigenvalue weighted by Gasteiger charge is 2.27. The average Bonchev–Trinajstić information content (AvgIpc) is 2.83. The van der Waals surface area contributed by atoms with Crippen molar-refractivity contribution in [3.8, 4) is 0 Å². The minimum absolute atomic E-state index is 0.681. The summed E-state index contributed by atoms with van der Waals surface area (Å²) in [5.41, 5.74) is 1.08. The third-order valence-electron chi connectivity index (χ3n) is 2.19. The summed E-state index contributed by atoms with van der Waals surface area (Å²) >= 11 is 0. The maximum Gasteiger partial charge on any atom is 0.140 e. The second-order valence-electron chi connectivity index (χ2n) is 3.35. The third kappa shape index (κ3) is 1.67. The molecule has 0 aromatic carbocycles. The lowest BCUT2D eigenvalue weighted by atomic mass is 10.2. The van der Waals surface area contributed by atoms with Crippen LogP contribution in [-0.4, -0.2) is 18.7 Å². The van der Waals surface area contributed by atoms with Crippen molar-refractivity contribution in [3.63, 3.8) is 0 Å². The van der Waals surface area contributed by atoms with Gasteiger partial charge in [0.15, 0.2) is 0 Å². The van der Waals surface area contributed by atoms with Crippen LogP contribution in [0, 0.1) is 0 Å². The van der Waals surface area contributed by atoms with Gasteiger partial charge in [0.05, 0.1) is 5.69 Å². The molecule has 0 spiro atoms. The van der Waals surface area contributed by atoms with Gasteiger partial charge < -0.3 is 9.84 Å². The number of hydrogen-bond acceptors (Lipinski definition) is 3. The van der Waals surface area contributed by atoms with Crippen LogP contribution in [0.3, 0.4) is 0 Å². The summed E-state index contributed by atoms with van der Waals surface area (Å²) in [5, 5.41) is 7.09. The summed E-state index contributed by atoms with van der Waals surface area (Å²) in [5.74, 6) is 1.77. The zero-order valence-corrected chi connectivity index (χ0v) is 7.34. The van der Waals surface area contributed by atoms with E-state index >= 15 is 0 Å². The fraction of sp³-hybridized carbons (Fsp3) is 0.667. The first-order valence-corrected chi connectivity index (χ1v) is 4.50. The molecular formula is C9H14N2O. The lowest BCUT2D eigenvalue weighted by Gasteiger charge is -1.91. The van der Waals surface area contributed by atoms with Crippen molar-refractivity contribution in [3.05, 3.63) is 17.5 Å². The summed E-state index contributed by atoms with van der Waals surface area (Å²) in [7, 11) is 1.95. The quantitative estimate of drug-likeness (QED) is 0.733. The lowest BCUT2D eigenvalue weighted by molar-refractivity contribution is 0.378. The van der Waals surface area contributed by atoms with Crippen LogP contribution in [0.2, 0.25) is 0 Å². The fourth-order valence-corrected chi connectivity index (χ4v) is 1.26. The van der Waals surface area contributed by atoms with Crippen molar-refractivity contribution in [2.24, 2.45) is 0 Å². The number of likely N-dealkylation sites (N-methyl/N-ethyl adjacent to an activating group) is 1. The molecule has 1 aliphatic carbocycles. The maximum atomic E-state index is 5.21. The summed E-state index contributed by atoms with van der Waals surface area (Å²) < 4.78 is 5.21. The van der Waals surface area contributed by atoms with Gasteiger partial charge in [-0.2, -0.15) is 0 Å². The van der Waals surface area contributed by atoms with Gasteiger partial charge in [-0.05, 0) is 19.9 Å². The Kier molecular flexibility index (Phi) is 2.13. The SMILES string of the molecule is CNCCc1cc(C2CC2)on1. The standard InChI is InChI=1S/C9H14N2O/c1-10-5-4-8-6-9(12-11-8)7-2-3-7/h6-7,10H,2-5H2,1H3. The molecule has 1 aliphatic rings. The molecule has 0 unspecified atom stereocenters. The van der Waals surface area contributed by atoms with Crippen molar-refractivity contribution in [2.75, 3.05) is 13.6 Å².